The van der Waals surface area contributed by atoms with Gasteiger partial charge in [0.25, 0.3) is 0 Å². The molecule has 2 N–H and O–H groups in total. The maximum Gasteiger partial charge on any atom is 0.0359 e. The average Bonchev–Trinajstić information content (AvgIpc) is 2.28. The third-order valence-corrected chi connectivity index (χ3v) is 4.88. The fraction of sp³-hybridized carbons (Fsp3) is 1.00. The van der Waals surface area contributed by atoms with E-state index >= 15 is 0 Å². The Morgan fingerprint density at radius 3 is 2.53 bits per heavy atom. The molecule has 4 atom stereocenters. The van der Waals surface area contributed by atoms with Gasteiger partial charge in [0.05, 0.1) is 0 Å². The van der Waals surface area contributed by atoms with Crippen molar-refractivity contribution in [2.24, 2.45) is 17.6 Å². The van der Waals surface area contributed by atoms with E-state index in [4.69, 9.17) is 5.73 Å². The van der Waals surface area contributed by atoms with E-state index in [1.165, 1.54) is 38.5 Å². The van der Waals surface area contributed by atoms with E-state index in [1.54, 1.807) is 0 Å². The van der Waals surface area contributed by atoms with Crippen LogP contribution in [0.25, 0.3) is 0 Å². The molecule has 1 saturated carbocycles. The lowest BCUT2D eigenvalue weighted by Gasteiger charge is -2.50. The van der Waals surface area contributed by atoms with Gasteiger partial charge in [-0.2, -0.15) is 0 Å². The minimum atomic E-state index is 0.242. The molecule has 2 heteroatoms. The molecule has 102 valence electrons. The number of rotatable bonds is 5. The van der Waals surface area contributed by atoms with Crippen molar-refractivity contribution in [2.45, 2.75) is 70.9 Å². The molecular formula is C15H32N2. The van der Waals surface area contributed by atoms with Crippen molar-refractivity contribution in [3.8, 4) is 0 Å². The first kappa shape index (κ1) is 15.0. The maximum atomic E-state index is 6.63. The average molecular weight is 240 g/mol. The van der Waals surface area contributed by atoms with Crippen LogP contribution in [0.1, 0.15) is 59.3 Å². The SMILES string of the molecule is CCCC(C)C(N)C1(N(C)C)CCCC(C)C1. The quantitative estimate of drug-likeness (QED) is 0.799. The van der Waals surface area contributed by atoms with Gasteiger partial charge in [-0.15, -0.1) is 0 Å². The Morgan fingerprint density at radius 2 is 2.06 bits per heavy atom. The highest BCUT2D eigenvalue weighted by molar-refractivity contribution is 5.02. The molecule has 0 aromatic heterocycles. The Kier molecular flexibility index (Phi) is 5.46. The van der Waals surface area contributed by atoms with Crippen LogP contribution in [0.3, 0.4) is 0 Å². The minimum Gasteiger partial charge on any atom is -0.326 e. The third kappa shape index (κ3) is 3.23. The fourth-order valence-electron chi connectivity index (χ4n) is 3.74. The van der Waals surface area contributed by atoms with E-state index in [0.717, 1.165) is 5.92 Å². The monoisotopic (exact) mass is 240 g/mol. The lowest BCUT2D eigenvalue weighted by atomic mass is 9.68. The normalized spacial score (nSPS) is 33.7. The summed E-state index contributed by atoms with van der Waals surface area (Å²) in [5, 5.41) is 0. The van der Waals surface area contributed by atoms with Crippen LogP contribution in [-0.2, 0) is 0 Å². The van der Waals surface area contributed by atoms with Gasteiger partial charge in [0.1, 0.15) is 0 Å². The first-order chi connectivity index (χ1) is 7.94. The highest BCUT2D eigenvalue weighted by Crippen LogP contribution is 2.40. The second-order valence-corrected chi connectivity index (χ2v) is 6.49. The number of hydrogen-bond donors (Lipinski definition) is 1. The van der Waals surface area contributed by atoms with Crippen molar-refractivity contribution in [1.29, 1.82) is 0 Å². The van der Waals surface area contributed by atoms with Crippen molar-refractivity contribution < 1.29 is 0 Å². The summed E-state index contributed by atoms with van der Waals surface area (Å²) in [4.78, 5) is 2.42. The Bertz CT molecular complexity index is 227. The van der Waals surface area contributed by atoms with Crippen LogP contribution >= 0.6 is 0 Å². The van der Waals surface area contributed by atoms with E-state index in [2.05, 4.69) is 39.8 Å². The summed E-state index contributed by atoms with van der Waals surface area (Å²) in [6, 6.07) is 0.320. The van der Waals surface area contributed by atoms with Gasteiger partial charge < -0.3 is 10.6 Å². The van der Waals surface area contributed by atoms with Crippen LogP contribution < -0.4 is 5.73 Å². The lowest BCUT2D eigenvalue weighted by molar-refractivity contribution is 0.0317. The molecule has 17 heavy (non-hydrogen) atoms. The molecule has 4 unspecified atom stereocenters. The summed E-state index contributed by atoms with van der Waals surface area (Å²) in [5.41, 5.74) is 6.88. The van der Waals surface area contributed by atoms with Crippen molar-refractivity contribution >= 4 is 0 Å². The second kappa shape index (κ2) is 6.19. The van der Waals surface area contributed by atoms with E-state index in [-0.39, 0.29) is 5.54 Å². The molecule has 0 aromatic rings. The van der Waals surface area contributed by atoms with Gasteiger partial charge in [0.15, 0.2) is 0 Å². The molecule has 0 aliphatic heterocycles. The van der Waals surface area contributed by atoms with Crippen LogP contribution in [-0.4, -0.2) is 30.6 Å². The zero-order valence-electron chi connectivity index (χ0n) is 12.5. The molecule has 0 heterocycles. The maximum absolute atomic E-state index is 6.63. The first-order valence-electron chi connectivity index (χ1n) is 7.37. The van der Waals surface area contributed by atoms with Crippen molar-refractivity contribution in [2.75, 3.05) is 14.1 Å². The van der Waals surface area contributed by atoms with Gasteiger partial charge in [-0.05, 0) is 45.2 Å². The van der Waals surface area contributed by atoms with Crippen LogP contribution in [0.15, 0.2) is 0 Å². The largest absolute Gasteiger partial charge is 0.326 e. The van der Waals surface area contributed by atoms with Crippen LogP contribution in [0.5, 0.6) is 0 Å². The highest BCUT2D eigenvalue weighted by Gasteiger charge is 2.43. The summed E-state index contributed by atoms with van der Waals surface area (Å²) in [6.45, 7) is 6.97. The van der Waals surface area contributed by atoms with Gasteiger partial charge in [-0.1, -0.05) is 40.0 Å². The van der Waals surface area contributed by atoms with Crippen LogP contribution in [0.2, 0.25) is 0 Å². The predicted octanol–water partition coefficient (Wildman–Crippen LogP) is 3.26. The highest BCUT2D eigenvalue weighted by atomic mass is 15.2. The molecular weight excluding hydrogens is 208 g/mol. The summed E-state index contributed by atoms with van der Waals surface area (Å²) in [6.07, 6.45) is 7.77. The Hall–Kier alpha value is -0.0800. The molecule has 0 saturated heterocycles. The standard InChI is InChI=1S/C15H32N2/c1-6-8-13(3)14(16)15(17(4)5)10-7-9-12(2)11-15/h12-14H,6-11,16H2,1-5H3. The van der Waals surface area contributed by atoms with E-state index < -0.39 is 0 Å². The van der Waals surface area contributed by atoms with Gasteiger partial charge in [-0.25, -0.2) is 0 Å². The van der Waals surface area contributed by atoms with E-state index in [9.17, 15) is 0 Å². The molecule has 0 bridgehead atoms. The summed E-state index contributed by atoms with van der Waals surface area (Å²) >= 11 is 0. The van der Waals surface area contributed by atoms with Gasteiger partial charge in [-0.3, -0.25) is 0 Å². The van der Waals surface area contributed by atoms with Gasteiger partial charge in [0, 0.05) is 11.6 Å². The van der Waals surface area contributed by atoms with Crippen molar-refractivity contribution in [1.82, 2.24) is 4.90 Å². The molecule has 1 fully saturated rings. The molecule has 0 aromatic carbocycles. The van der Waals surface area contributed by atoms with E-state index in [1.807, 2.05) is 0 Å². The number of likely N-dealkylation sites (N-methyl/N-ethyl adjacent to an activating group) is 1. The number of nitrogens with zero attached hydrogens (tertiary/aromatic N) is 1. The molecule has 1 rings (SSSR count). The molecule has 0 radical (unpaired) electrons. The lowest BCUT2D eigenvalue weighted by Crippen LogP contribution is -2.61. The van der Waals surface area contributed by atoms with Crippen LogP contribution in [0.4, 0.5) is 0 Å². The van der Waals surface area contributed by atoms with E-state index in [0.29, 0.717) is 12.0 Å². The topological polar surface area (TPSA) is 29.3 Å². The third-order valence-electron chi connectivity index (χ3n) is 4.88. The van der Waals surface area contributed by atoms with Crippen molar-refractivity contribution in [3.05, 3.63) is 0 Å². The molecule has 1 aliphatic rings. The summed E-state index contributed by atoms with van der Waals surface area (Å²) in [7, 11) is 4.44. The van der Waals surface area contributed by atoms with Gasteiger partial charge in [0.2, 0.25) is 0 Å². The molecule has 0 spiro atoms. The number of nitrogens with two attached hydrogens (primary N) is 1. The molecule has 0 amide bonds. The smallest absolute Gasteiger partial charge is 0.0359 e. The Labute approximate surface area is 108 Å². The molecule has 2 nitrogen and oxygen atoms in total. The number of hydrogen-bond acceptors (Lipinski definition) is 2. The zero-order chi connectivity index (χ0) is 13.1. The van der Waals surface area contributed by atoms with Gasteiger partial charge >= 0.3 is 0 Å². The second-order valence-electron chi connectivity index (χ2n) is 6.49. The molecule has 1 aliphatic carbocycles. The van der Waals surface area contributed by atoms with Crippen molar-refractivity contribution in [3.63, 3.8) is 0 Å². The van der Waals surface area contributed by atoms with Crippen LogP contribution in [0, 0.1) is 11.8 Å². The fourth-order valence-corrected chi connectivity index (χ4v) is 3.74. The predicted molar refractivity (Wildman–Crippen MR) is 76.1 cm³/mol. The summed E-state index contributed by atoms with van der Waals surface area (Å²) in [5.74, 6) is 1.46. The first-order valence-corrected chi connectivity index (χ1v) is 7.37. The minimum absolute atomic E-state index is 0.242. The summed E-state index contributed by atoms with van der Waals surface area (Å²) < 4.78 is 0. The zero-order valence-corrected chi connectivity index (χ0v) is 12.5. The Morgan fingerprint density at radius 1 is 1.41 bits per heavy atom. The Balaban J connectivity index is 2.83.